The van der Waals surface area contributed by atoms with Gasteiger partial charge in [-0.25, -0.2) is 0 Å². The van der Waals surface area contributed by atoms with Crippen LogP contribution in [0.4, 0.5) is 0 Å². The molecule has 110 valence electrons. The van der Waals surface area contributed by atoms with Crippen LogP contribution in [-0.2, 0) is 4.79 Å². The van der Waals surface area contributed by atoms with E-state index in [4.69, 9.17) is 5.73 Å². The van der Waals surface area contributed by atoms with Crippen molar-refractivity contribution in [2.75, 3.05) is 26.7 Å². The number of benzene rings is 1. The normalized spacial score (nSPS) is 22.4. The topological polar surface area (TPSA) is 49.6 Å². The average molecular weight is 275 g/mol. The summed E-state index contributed by atoms with van der Waals surface area (Å²) in [5.41, 5.74) is 7.06. The molecule has 0 radical (unpaired) electrons. The average Bonchev–Trinajstić information content (AvgIpc) is 2.67. The molecule has 2 N–H and O–H groups in total. The standard InChI is InChI=1S/C16H25N3O/c1-3-14-12-18(2)10-7-11-19(14)16(20)15(17)13-8-5-4-6-9-13/h4-6,8-9,14-15H,3,7,10-12,17H2,1-2H3/t14?,15-/m0/s1. The van der Waals surface area contributed by atoms with Crippen LogP contribution < -0.4 is 5.73 Å². The molecule has 1 saturated heterocycles. The Hall–Kier alpha value is -1.39. The summed E-state index contributed by atoms with van der Waals surface area (Å²) in [5, 5.41) is 0. The van der Waals surface area contributed by atoms with Crippen LogP contribution >= 0.6 is 0 Å². The number of carbonyl (C=O) groups is 1. The highest BCUT2D eigenvalue weighted by atomic mass is 16.2. The molecular formula is C16H25N3O. The highest BCUT2D eigenvalue weighted by Crippen LogP contribution is 2.18. The quantitative estimate of drug-likeness (QED) is 0.912. The summed E-state index contributed by atoms with van der Waals surface area (Å²) >= 11 is 0. The van der Waals surface area contributed by atoms with E-state index in [1.807, 2.05) is 35.2 Å². The van der Waals surface area contributed by atoms with E-state index in [0.717, 1.165) is 38.0 Å². The highest BCUT2D eigenvalue weighted by Gasteiger charge is 2.29. The van der Waals surface area contributed by atoms with Crippen molar-refractivity contribution in [2.45, 2.75) is 31.8 Å². The van der Waals surface area contributed by atoms with Gasteiger partial charge in [-0.2, -0.15) is 0 Å². The molecule has 1 aliphatic rings. The smallest absolute Gasteiger partial charge is 0.244 e. The number of amides is 1. The van der Waals surface area contributed by atoms with Gasteiger partial charge in [0.25, 0.3) is 0 Å². The van der Waals surface area contributed by atoms with E-state index in [1.54, 1.807) is 0 Å². The minimum Gasteiger partial charge on any atom is -0.337 e. The van der Waals surface area contributed by atoms with Crippen LogP contribution in [0.5, 0.6) is 0 Å². The molecule has 1 aromatic carbocycles. The lowest BCUT2D eigenvalue weighted by Crippen LogP contribution is -2.47. The molecule has 1 fully saturated rings. The van der Waals surface area contributed by atoms with Gasteiger partial charge in [0.2, 0.25) is 5.91 Å². The minimum atomic E-state index is -0.548. The Labute approximate surface area is 121 Å². The molecule has 1 heterocycles. The van der Waals surface area contributed by atoms with E-state index in [2.05, 4.69) is 18.9 Å². The predicted octanol–water partition coefficient (Wildman–Crippen LogP) is 1.63. The molecular weight excluding hydrogens is 250 g/mol. The highest BCUT2D eigenvalue weighted by molar-refractivity contribution is 5.83. The molecule has 20 heavy (non-hydrogen) atoms. The van der Waals surface area contributed by atoms with Crippen LogP contribution in [-0.4, -0.2) is 48.4 Å². The second kappa shape index (κ2) is 6.86. The van der Waals surface area contributed by atoms with Crippen LogP contribution in [0.25, 0.3) is 0 Å². The summed E-state index contributed by atoms with van der Waals surface area (Å²) in [6, 6.07) is 9.36. The van der Waals surface area contributed by atoms with Crippen molar-refractivity contribution in [3.8, 4) is 0 Å². The maximum absolute atomic E-state index is 12.7. The third-order valence-corrected chi connectivity index (χ3v) is 4.08. The second-order valence-electron chi connectivity index (χ2n) is 5.60. The van der Waals surface area contributed by atoms with Crippen molar-refractivity contribution < 1.29 is 4.79 Å². The number of hydrogen-bond acceptors (Lipinski definition) is 3. The van der Waals surface area contributed by atoms with Crippen LogP contribution in [0.1, 0.15) is 31.4 Å². The molecule has 0 aromatic heterocycles. The fourth-order valence-electron chi connectivity index (χ4n) is 2.86. The predicted molar refractivity (Wildman–Crippen MR) is 81.3 cm³/mol. The van der Waals surface area contributed by atoms with Gasteiger partial charge in [0.1, 0.15) is 6.04 Å². The number of rotatable bonds is 3. The summed E-state index contributed by atoms with van der Waals surface area (Å²) in [5.74, 6) is 0.0540. The van der Waals surface area contributed by atoms with Crippen molar-refractivity contribution in [2.24, 2.45) is 5.73 Å². The van der Waals surface area contributed by atoms with Gasteiger partial charge >= 0.3 is 0 Å². The Morgan fingerprint density at radius 2 is 2.05 bits per heavy atom. The summed E-state index contributed by atoms with van der Waals surface area (Å²) in [4.78, 5) is 17.0. The Morgan fingerprint density at radius 3 is 2.70 bits per heavy atom. The SMILES string of the molecule is CCC1CN(C)CCCN1C(=O)[C@@H](N)c1ccccc1. The first kappa shape index (κ1) is 15.0. The molecule has 0 saturated carbocycles. The van der Waals surface area contributed by atoms with Gasteiger partial charge in [-0.1, -0.05) is 37.3 Å². The van der Waals surface area contributed by atoms with Gasteiger partial charge < -0.3 is 15.5 Å². The molecule has 1 aromatic rings. The van der Waals surface area contributed by atoms with E-state index in [0.29, 0.717) is 0 Å². The molecule has 4 nitrogen and oxygen atoms in total. The van der Waals surface area contributed by atoms with Crippen LogP contribution in [0.2, 0.25) is 0 Å². The maximum atomic E-state index is 12.7. The molecule has 0 aliphatic carbocycles. The fourth-order valence-corrected chi connectivity index (χ4v) is 2.86. The number of nitrogens with zero attached hydrogens (tertiary/aromatic N) is 2. The van der Waals surface area contributed by atoms with E-state index >= 15 is 0 Å². The first-order valence-electron chi connectivity index (χ1n) is 7.43. The molecule has 1 aliphatic heterocycles. The van der Waals surface area contributed by atoms with Crippen LogP contribution in [0, 0.1) is 0 Å². The zero-order chi connectivity index (χ0) is 14.5. The largest absolute Gasteiger partial charge is 0.337 e. The van der Waals surface area contributed by atoms with Crippen LogP contribution in [0.3, 0.4) is 0 Å². The fraction of sp³-hybridized carbons (Fsp3) is 0.562. The molecule has 0 bridgehead atoms. The van der Waals surface area contributed by atoms with E-state index in [-0.39, 0.29) is 11.9 Å². The third-order valence-electron chi connectivity index (χ3n) is 4.08. The first-order valence-corrected chi connectivity index (χ1v) is 7.43. The van der Waals surface area contributed by atoms with Crippen molar-refractivity contribution in [1.82, 2.24) is 9.80 Å². The molecule has 2 atom stereocenters. The lowest BCUT2D eigenvalue weighted by atomic mass is 10.0. The van der Waals surface area contributed by atoms with Crippen molar-refractivity contribution in [3.63, 3.8) is 0 Å². The summed E-state index contributed by atoms with van der Waals surface area (Å²) in [6.07, 6.45) is 1.98. The van der Waals surface area contributed by atoms with Gasteiger partial charge in [0.15, 0.2) is 0 Å². The Balaban J connectivity index is 2.13. The monoisotopic (exact) mass is 275 g/mol. The molecule has 4 heteroatoms. The summed E-state index contributed by atoms with van der Waals surface area (Å²) in [6.45, 7) is 4.92. The van der Waals surface area contributed by atoms with Gasteiger partial charge in [-0.15, -0.1) is 0 Å². The Morgan fingerprint density at radius 1 is 1.35 bits per heavy atom. The molecule has 0 spiro atoms. The van der Waals surface area contributed by atoms with Crippen molar-refractivity contribution in [3.05, 3.63) is 35.9 Å². The van der Waals surface area contributed by atoms with Crippen molar-refractivity contribution in [1.29, 1.82) is 0 Å². The van der Waals surface area contributed by atoms with Gasteiger partial charge in [-0.05, 0) is 32.0 Å². The molecule has 2 rings (SSSR count). The first-order chi connectivity index (χ1) is 9.63. The van der Waals surface area contributed by atoms with Crippen molar-refractivity contribution >= 4 is 5.91 Å². The number of hydrogen-bond donors (Lipinski definition) is 1. The third kappa shape index (κ3) is 3.38. The molecule has 1 unspecified atom stereocenters. The molecule has 1 amide bonds. The number of likely N-dealkylation sites (N-methyl/N-ethyl adjacent to an activating group) is 1. The second-order valence-corrected chi connectivity index (χ2v) is 5.60. The van der Waals surface area contributed by atoms with Crippen LogP contribution in [0.15, 0.2) is 30.3 Å². The zero-order valence-corrected chi connectivity index (χ0v) is 12.5. The lowest BCUT2D eigenvalue weighted by molar-refractivity contribution is -0.135. The summed E-state index contributed by atoms with van der Waals surface area (Å²) < 4.78 is 0. The zero-order valence-electron chi connectivity index (χ0n) is 12.5. The van der Waals surface area contributed by atoms with E-state index in [1.165, 1.54) is 0 Å². The Kier molecular flexibility index (Phi) is 5.15. The minimum absolute atomic E-state index is 0.0540. The maximum Gasteiger partial charge on any atom is 0.244 e. The van der Waals surface area contributed by atoms with Gasteiger partial charge in [-0.3, -0.25) is 4.79 Å². The summed E-state index contributed by atoms with van der Waals surface area (Å²) in [7, 11) is 2.12. The van der Waals surface area contributed by atoms with E-state index in [9.17, 15) is 4.79 Å². The number of nitrogens with two attached hydrogens (primary N) is 1. The lowest BCUT2D eigenvalue weighted by Gasteiger charge is -2.32. The Bertz CT molecular complexity index is 435. The van der Waals surface area contributed by atoms with Gasteiger partial charge in [0, 0.05) is 19.1 Å². The van der Waals surface area contributed by atoms with E-state index < -0.39 is 6.04 Å². The van der Waals surface area contributed by atoms with Gasteiger partial charge in [0.05, 0.1) is 0 Å². The number of carbonyl (C=O) groups excluding carboxylic acids is 1.